The topological polar surface area (TPSA) is 32.3 Å². The monoisotopic (exact) mass is 282 g/mol. The van der Waals surface area contributed by atoms with Crippen LogP contribution in [-0.2, 0) is 11.2 Å². The summed E-state index contributed by atoms with van der Waals surface area (Å²) >= 11 is 3.61. The number of fused-ring (bicyclic) bond motifs is 1. The Morgan fingerprint density at radius 1 is 1.56 bits per heavy atom. The summed E-state index contributed by atoms with van der Waals surface area (Å²) in [4.78, 5) is 16.1. The third-order valence-electron chi connectivity index (χ3n) is 3.58. The third kappa shape index (κ3) is 2.31. The Kier molecular flexibility index (Phi) is 3.63. The fourth-order valence-corrected chi connectivity index (χ4v) is 5.02. The maximum Gasteiger partial charge on any atom is 0.240 e. The molecule has 2 atom stereocenters. The van der Waals surface area contributed by atoms with Gasteiger partial charge in [0.05, 0.1) is 0 Å². The number of thiophene rings is 1. The lowest BCUT2D eigenvalue weighted by atomic mass is 10.1. The lowest BCUT2D eigenvalue weighted by molar-refractivity contribution is -0.131. The van der Waals surface area contributed by atoms with Gasteiger partial charge in [0, 0.05) is 30.6 Å². The van der Waals surface area contributed by atoms with Gasteiger partial charge >= 0.3 is 0 Å². The first kappa shape index (κ1) is 12.5. The van der Waals surface area contributed by atoms with Crippen LogP contribution < -0.4 is 5.32 Å². The molecule has 2 aliphatic heterocycles. The molecule has 0 unspecified atom stereocenters. The zero-order valence-electron chi connectivity index (χ0n) is 10.5. The highest BCUT2D eigenvalue weighted by Gasteiger charge is 2.32. The van der Waals surface area contributed by atoms with Gasteiger partial charge in [-0.05, 0) is 36.1 Å². The number of aryl methyl sites for hydroxylation is 1. The minimum atomic E-state index is 0.0466. The largest absolute Gasteiger partial charge is 0.339 e. The van der Waals surface area contributed by atoms with Crippen molar-refractivity contribution in [2.24, 2.45) is 0 Å². The van der Waals surface area contributed by atoms with E-state index in [4.69, 9.17) is 0 Å². The molecule has 3 heterocycles. The van der Waals surface area contributed by atoms with E-state index in [1.165, 1.54) is 10.4 Å². The number of hydrogen-bond acceptors (Lipinski definition) is 4. The number of hydrogen-bond donors (Lipinski definition) is 1. The maximum absolute atomic E-state index is 12.6. The predicted molar refractivity (Wildman–Crippen MR) is 77.3 cm³/mol. The summed E-state index contributed by atoms with van der Waals surface area (Å²) in [6, 6.07) is 2.55. The molecule has 1 amide bonds. The SMILES string of the molecule is C[C@H]1CN(C(=O)[C@H]2SCCc3sccc32)CCN1. The van der Waals surface area contributed by atoms with Crippen molar-refractivity contribution in [3.05, 3.63) is 21.9 Å². The van der Waals surface area contributed by atoms with Crippen LogP contribution in [0.25, 0.3) is 0 Å². The zero-order chi connectivity index (χ0) is 12.5. The van der Waals surface area contributed by atoms with Crippen molar-refractivity contribution in [2.75, 3.05) is 25.4 Å². The van der Waals surface area contributed by atoms with Crippen molar-refractivity contribution in [1.29, 1.82) is 0 Å². The van der Waals surface area contributed by atoms with Crippen LogP contribution in [0, 0.1) is 0 Å². The fraction of sp³-hybridized carbons (Fsp3) is 0.615. The summed E-state index contributed by atoms with van der Waals surface area (Å²) in [5.41, 5.74) is 1.27. The van der Waals surface area contributed by atoms with E-state index in [9.17, 15) is 4.79 Å². The summed E-state index contributed by atoms with van der Waals surface area (Å²) in [5.74, 6) is 1.39. The Morgan fingerprint density at radius 2 is 2.44 bits per heavy atom. The third-order valence-corrected chi connectivity index (χ3v) is 5.81. The van der Waals surface area contributed by atoms with Crippen molar-refractivity contribution >= 4 is 29.0 Å². The lowest BCUT2D eigenvalue weighted by Crippen LogP contribution is -2.52. The molecule has 98 valence electrons. The van der Waals surface area contributed by atoms with Crippen LogP contribution in [0.5, 0.6) is 0 Å². The first-order chi connectivity index (χ1) is 8.75. The molecule has 1 saturated heterocycles. The van der Waals surface area contributed by atoms with Crippen molar-refractivity contribution in [1.82, 2.24) is 10.2 Å². The van der Waals surface area contributed by atoms with Gasteiger partial charge in [-0.15, -0.1) is 23.1 Å². The molecule has 0 spiro atoms. The number of nitrogens with zero attached hydrogens (tertiary/aromatic N) is 1. The molecule has 1 N–H and O–H groups in total. The smallest absolute Gasteiger partial charge is 0.240 e. The standard InChI is InChI=1S/C13H18N2OS2/c1-9-8-15(5-4-14-9)13(16)12-10-2-6-17-11(10)3-7-18-12/h2,6,9,12,14H,3-5,7-8H2,1H3/t9-,12-/m0/s1. The Balaban J connectivity index is 1.77. The summed E-state index contributed by atoms with van der Waals surface area (Å²) in [5, 5.41) is 5.55. The molecule has 18 heavy (non-hydrogen) atoms. The number of piperazine rings is 1. The van der Waals surface area contributed by atoms with Crippen LogP contribution in [0.3, 0.4) is 0 Å². The quantitative estimate of drug-likeness (QED) is 0.854. The predicted octanol–water partition coefficient (Wildman–Crippen LogP) is 1.90. The molecule has 0 saturated carbocycles. The van der Waals surface area contributed by atoms with Gasteiger partial charge in [-0.1, -0.05) is 0 Å². The highest BCUT2D eigenvalue weighted by atomic mass is 32.2. The molecule has 3 rings (SSSR count). The van der Waals surface area contributed by atoms with Crippen LogP contribution >= 0.6 is 23.1 Å². The molecule has 1 aromatic heterocycles. The normalized spacial score (nSPS) is 27.9. The molecule has 0 aliphatic carbocycles. The van der Waals surface area contributed by atoms with Gasteiger partial charge in [0.2, 0.25) is 5.91 Å². The number of rotatable bonds is 1. The maximum atomic E-state index is 12.6. The number of nitrogens with one attached hydrogen (secondary N) is 1. The summed E-state index contributed by atoms with van der Waals surface area (Å²) in [6.07, 6.45) is 1.12. The molecule has 1 fully saturated rings. The van der Waals surface area contributed by atoms with Gasteiger partial charge in [0.15, 0.2) is 0 Å². The van der Waals surface area contributed by atoms with E-state index in [-0.39, 0.29) is 5.25 Å². The summed E-state index contributed by atoms with van der Waals surface area (Å²) in [7, 11) is 0. The summed E-state index contributed by atoms with van der Waals surface area (Å²) < 4.78 is 0. The average Bonchev–Trinajstić information content (AvgIpc) is 2.86. The molecule has 1 aromatic rings. The highest BCUT2D eigenvalue weighted by molar-refractivity contribution is 8.00. The van der Waals surface area contributed by atoms with E-state index in [1.54, 1.807) is 11.3 Å². The molecule has 0 aromatic carbocycles. The van der Waals surface area contributed by atoms with E-state index in [0.29, 0.717) is 11.9 Å². The van der Waals surface area contributed by atoms with E-state index in [1.807, 2.05) is 16.7 Å². The van der Waals surface area contributed by atoms with Gasteiger partial charge in [-0.3, -0.25) is 4.79 Å². The second kappa shape index (κ2) is 5.23. The molecule has 0 bridgehead atoms. The highest BCUT2D eigenvalue weighted by Crippen LogP contribution is 2.40. The number of thioether (sulfide) groups is 1. The molecule has 2 aliphatic rings. The van der Waals surface area contributed by atoms with Gasteiger partial charge < -0.3 is 10.2 Å². The van der Waals surface area contributed by atoms with E-state index >= 15 is 0 Å². The van der Waals surface area contributed by atoms with Gasteiger partial charge in [-0.25, -0.2) is 0 Å². The lowest BCUT2D eigenvalue weighted by Gasteiger charge is -2.35. The van der Waals surface area contributed by atoms with Crippen LogP contribution in [0.15, 0.2) is 11.4 Å². The Labute approximate surface area is 116 Å². The van der Waals surface area contributed by atoms with Crippen LogP contribution in [0.1, 0.15) is 22.6 Å². The first-order valence-electron chi connectivity index (χ1n) is 6.46. The molecular weight excluding hydrogens is 264 g/mol. The van der Waals surface area contributed by atoms with E-state index in [2.05, 4.69) is 23.7 Å². The van der Waals surface area contributed by atoms with E-state index in [0.717, 1.165) is 31.8 Å². The van der Waals surface area contributed by atoms with Gasteiger partial charge in [0.25, 0.3) is 0 Å². The number of amides is 1. The minimum absolute atomic E-state index is 0.0466. The summed E-state index contributed by atoms with van der Waals surface area (Å²) in [6.45, 7) is 4.75. The zero-order valence-corrected chi connectivity index (χ0v) is 12.1. The Morgan fingerprint density at radius 3 is 3.28 bits per heavy atom. The van der Waals surface area contributed by atoms with Crippen molar-refractivity contribution in [2.45, 2.75) is 24.6 Å². The van der Waals surface area contributed by atoms with E-state index < -0.39 is 0 Å². The first-order valence-corrected chi connectivity index (χ1v) is 8.38. The average molecular weight is 282 g/mol. The van der Waals surface area contributed by atoms with Crippen molar-refractivity contribution in [3.8, 4) is 0 Å². The molecule has 0 radical (unpaired) electrons. The van der Waals surface area contributed by atoms with Crippen LogP contribution in [0.4, 0.5) is 0 Å². The van der Waals surface area contributed by atoms with Crippen molar-refractivity contribution < 1.29 is 4.79 Å². The molecule has 3 nitrogen and oxygen atoms in total. The van der Waals surface area contributed by atoms with Crippen molar-refractivity contribution in [3.63, 3.8) is 0 Å². The fourth-order valence-electron chi connectivity index (χ4n) is 2.65. The molecule has 5 heteroatoms. The second-order valence-corrected chi connectivity index (χ2v) is 7.15. The van der Waals surface area contributed by atoms with Gasteiger partial charge in [-0.2, -0.15) is 0 Å². The second-order valence-electron chi connectivity index (χ2n) is 4.94. The van der Waals surface area contributed by atoms with Gasteiger partial charge in [0.1, 0.15) is 5.25 Å². The minimum Gasteiger partial charge on any atom is -0.339 e. The van der Waals surface area contributed by atoms with Crippen LogP contribution in [-0.4, -0.2) is 42.2 Å². The van der Waals surface area contributed by atoms with Crippen LogP contribution in [0.2, 0.25) is 0 Å². The number of carbonyl (C=O) groups excluding carboxylic acids is 1. The number of carbonyl (C=O) groups is 1. The Bertz CT molecular complexity index is 446. The Hall–Kier alpha value is -0.520. The molecular formula is C13H18N2OS2.